The van der Waals surface area contributed by atoms with Crippen molar-refractivity contribution in [2.24, 2.45) is 0 Å². The summed E-state index contributed by atoms with van der Waals surface area (Å²) in [5.74, 6) is -0.138. The van der Waals surface area contributed by atoms with Crippen LogP contribution in [-0.2, 0) is 6.54 Å². The van der Waals surface area contributed by atoms with Crippen molar-refractivity contribution < 1.29 is 22.7 Å². The highest BCUT2D eigenvalue weighted by Gasteiger charge is 2.29. The van der Waals surface area contributed by atoms with E-state index < -0.39 is 18.3 Å². The van der Waals surface area contributed by atoms with Gasteiger partial charge in [-0.3, -0.25) is 4.79 Å². The molecule has 0 amide bonds. The fourth-order valence-corrected chi connectivity index (χ4v) is 2.88. The van der Waals surface area contributed by atoms with Crippen molar-refractivity contribution in [3.8, 4) is 5.88 Å². The summed E-state index contributed by atoms with van der Waals surface area (Å²) >= 11 is 0. The average molecular weight is 437 g/mol. The van der Waals surface area contributed by atoms with Crippen LogP contribution in [0.1, 0.15) is 31.0 Å². The number of fused-ring (bicyclic) bond motifs is 1. The summed E-state index contributed by atoms with van der Waals surface area (Å²) in [6.07, 6.45) is -0.110. The topological polar surface area (TPSA) is 91.2 Å². The normalized spacial score (nSPS) is 11.5. The Morgan fingerprint density at radius 2 is 2.03 bits per heavy atom. The largest absolute Gasteiger partial charge is 0.468 e. The number of halogens is 3. The zero-order valence-corrected chi connectivity index (χ0v) is 17.1. The number of unbranched alkanes of at least 4 members (excludes halogenated alkanes) is 1. The first-order chi connectivity index (χ1) is 14.8. The molecule has 0 bridgehead atoms. The number of ether oxygens (including phenoxy) is 1. The van der Waals surface area contributed by atoms with Gasteiger partial charge >= 0.3 is 6.18 Å². The van der Waals surface area contributed by atoms with Gasteiger partial charge in [0.1, 0.15) is 12.9 Å². The Kier molecular flexibility index (Phi) is 6.93. The first kappa shape index (κ1) is 22.3. The van der Waals surface area contributed by atoms with E-state index in [0.29, 0.717) is 34.6 Å². The predicted molar refractivity (Wildman–Crippen MR) is 108 cm³/mol. The molecule has 3 aromatic heterocycles. The minimum Gasteiger partial charge on any atom is -0.468 e. The SMILES string of the molecule is CCCCOn1c(=O)cc(NCc2cccnc2OCC(F)(F)F)c2c(C)ncnc21. The van der Waals surface area contributed by atoms with Crippen LogP contribution >= 0.6 is 0 Å². The first-order valence-corrected chi connectivity index (χ1v) is 9.68. The van der Waals surface area contributed by atoms with Crippen LogP contribution in [0.4, 0.5) is 18.9 Å². The monoisotopic (exact) mass is 437 g/mol. The van der Waals surface area contributed by atoms with Crippen LogP contribution in [0.3, 0.4) is 0 Å². The molecule has 0 atom stereocenters. The number of alkyl halides is 3. The van der Waals surface area contributed by atoms with Gasteiger partial charge in [0.25, 0.3) is 5.56 Å². The zero-order chi connectivity index (χ0) is 22.4. The van der Waals surface area contributed by atoms with Gasteiger partial charge < -0.3 is 14.9 Å². The Bertz CT molecular complexity index is 1100. The van der Waals surface area contributed by atoms with Gasteiger partial charge in [-0.25, -0.2) is 15.0 Å². The van der Waals surface area contributed by atoms with Gasteiger partial charge in [-0.2, -0.15) is 13.2 Å². The lowest BCUT2D eigenvalue weighted by Gasteiger charge is -2.16. The van der Waals surface area contributed by atoms with Crippen LogP contribution < -0.4 is 20.5 Å². The zero-order valence-electron chi connectivity index (χ0n) is 17.1. The third kappa shape index (κ3) is 5.62. The third-order valence-corrected chi connectivity index (χ3v) is 4.36. The summed E-state index contributed by atoms with van der Waals surface area (Å²) in [4.78, 5) is 30.5. The molecule has 0 aliphatic rings. The van der Waals surface area contributed by atoms with Crippen molar-refractivity contribution >= 4 is 16.7 Å². The van der Waals surface area contributed by atoms with E-state index in [9.17, 15) is 18.0 Å². The number of pyridine rings is 2. The second kappa shape index (κ2) is 9.63. The molecule has 0 saturated heterocycles. The Balaban J connectivity index is 1.90. The van der Waals surface area contributed by atoms with Crippen molar-refractivity contribution in [3.63, 3.8) is 0 Å². The number of aromatic nitrogens is 4. The van der Waals surface area contributed by atoms with E-state index in [1.807, 2.05) is 6.92 Å². The third-order valence-electron chi connectivity index (χ3n) is 4.36. The van der Waals surface area contributed by atoms with E-state index in [1.54, 1.807) is 19.1 Å². The lowest BCUT2D eigenvalue weighted by atomic mass is 10.2. The maximum Gasteiger partial charge on any atom is 0.422 e. The fourth-order valence-electron chi connectivity index (χ4n) is 2.88. The smallest absolute Gasteiger partial charge is 0.422 e. The Morgan fingerprint density at radius 1 is 1.23 bits per heavy atom. The molecule has 0 aliphatic carbocycles. The fraction of sp³-hybridized carbons (Fsp3) is 0.400. The molecule has 3 heterocycles. The van der Waals surface area contributed by atoms with Crippen molar-refractivity contribution in [3.05, 3.63) is 52.3 Å². The van der Waals surface area contributed by atoms with Gasteiger partial charge in [0.15, 0.2) is 12.3 Å². The molecule has 8 nitrogen and oxygen atoms in total. The molecule has 0 radical (unpaired) electrons. The Hall–Kier alpha value is -3.37. The van der Waals surface area contributed by atoms with Crippen molar-refractivity contribution in [2.75, 3.05) is 18.5 Å². The summed E-state index contributed by atoms with van der Waals surface area (Å²) in [7, 11) is 0. The van der Waals surface area contributed by atoms with Gasteiger partial charge in [0.05, 0.1) is 16.8 Å². The number of aryl methyl sites for hydroxylation is 1. The second-order valence-corrected chi connectivity index (χ2v) is 6.76. The van der Waals surface area contributed by atoms with Gasteiger partial charge in [-0.1, -0.05) is 19.4 Å². The van der Waals surface area contributed by atoms with E-state index in [2.05, 4.69) is 20.3 Å². The van der Waals surface area contributed by atoms with Crippen LogP contribution in [0, 0.1) is 6.92 Å². The molecule has 0 spiro atoms. The second-order valence-electron chi connectivity index (χ2n) is 6.76. The number of nitrogens with zero attached hydrogens (tertiary/aromatic N) is 4. The highest BCUT2D eigenvalue weighted by molar-refractivity contribution is 5.90. The van der Waals surface area contributed by atoms with E-state index >= 15 is 0 Å². The van der Waals surface area contributed by atoms with E-state index in [0.717, 1.165) is 17.6 Å². The van der Waals surface area contributed by atoms with E-state index in [4.69, 9.17) is 9.57 Å². The quantitative estimate of drug-likeness (QED) is 0.514. The van der Waals surface area contributed by atoms with Gasteiger partial charge in [0, 0.05) is 24.4 Å². The molecule has 3 rings (SSSR count). The lowest BCUT2D eigenvalue weighted by Crippen LogP contribution is -2.29. The first-order valence-electron chi connectivity index (χ1n) is 9.68. The Morgan fingerprint density at radius 3 is 2.77 bits per heavy atom. The highest BCUT2D eigenvalue weighted by Crippen LogP contribution is 2.25. The standard InChI is InChI=1S/C20H22F3N5O3/c1-3-4-8-31-28-16(29)9-15(17-13(2)26-12-27-18(17)28)25-10-14-6-5-7-24-19(14)30-11-20(21,22)23/h5-7,9,12,25H,3-4,8,10-11H2,1-2H3. The van der Waals surface area contributed by atoms with Crippen LogP contribution in [0.5, 0.6) is 5.88 Å². The van der Waals surface area contributed by atoms with Crippen LogP contribution in [0.15, 0.2) is 35.5 Å². The molecule has 166 valence electrons. The number of hydrogen-bond acceptors (Lipinski definition) is 7. The number of hydrogen-bond donors (Lipinski definition) is 1. The van der Waals surface area contributed by atoms with Crippen molar-refractivity contribution in [2.45, 2.75) is 39.4 Å². The molecular weight excluding hydrogens is 415 g/mol. The van der Waals surface area contributed by atoms with Gasteiger partial charge in [0.2, 0.25) is 5.88 Å². The molecule has 0 aliphatic heterocycles. The van der Waals surface area contributed by atoms with Gasteiger partial charge in [-0.05, 0) is 19.4 Å². The molecule has 3 aromatic rings. The van der Waals surface area contributed by atoms with E-state index in [-0.39, 0.29) is 12.4 Å². The molecule has 0 fully saturated rings. The predicted octanol–water partition coefficient (Wildman–Crippen LogP) is 3.28. The summed E-state index contributed by atoms with van der Waals surface area (Å²) in [6, 6.07) is 4.52. The van der Waals surface area contributed by atoms with Crippen molar-refractivity contribution in [1.82, 2.24) is 19.7 Å². The Labute approximate surface area is 176 Å². The number of nitrogens with one attached hydrogen (secondary N) is 1. The number of anilines is 1. The van der Waals surface area contributed by atoms with Crippen LogP contribution in [0.2, 0.25) is 0 Å². The molecule has 31 heavy (non-hydrogen) atoms. The summed E-state index contributed by atoms with van der Waals surface area (Å²) in [5, 5.41) is 3.64. The molecular formula is C20H22F3N5O3. The minimum atomic E-state index is -4.48. The summed E-state index contributed by atoms with van der Waals surface area (Å²) in [5.41, 5.74) is 1.32. The van der Waals surface area contributed by atoms with Crippen molar-refractivity contribution in [1.29, 1.82) is 0 Å². The maximum atomic E-state index is 12.6. The number of rotatable bonds is 9. The highest BCUT2D eigenvalue weighted by atomic mass is 19.4. The summed E-state index contributed by atoms with van der Waals surface area (Å²) in [6.45, 7) is 2.76. The summed E-state index contributed by atoms with van der Waals surface area (Å²) < 4.78 is 43.5. The van der Waals surface area contributed by atoms with Crippen LogP contribution in [-0.4, -0.2) is 39.1 Å². The van der Waals surface area contributed by atoms with E-state index in [1.165, 1.54) is 18.6 Å². The van der Waals surface area contributed by atoms with Gasteiger partial charge in [-0.15, -0.1) is 4.73 Å². The maximum absolute atomic E-state index is 12.6. The molecule has 0 unspecified atom stereocenters. The van der Waals surface area contributed by atoms with Crippen LogP contribution in [0.25, 0.3) is 11.0 Å². The molecule has 0 saturated carbocycles. The minimum absolute atomic E-state index is 0.0740. The molecule has 1 N–H and O–H groups in total. The average Bonchev–Trinajstić information content (AvgIpc) is 2.72. The molecule has 11 heteroatoms. The molecule has 0 aromatic carbocycles. The lowest BCUT2D eigenvalue weighted by molar-refractivity contribution is -0.154.